The first-order valence-electron chi connectivity index (χ1n) is 10.3. The van der Waals surface area contributed by atoms with E-state index in [4.69, 9.17) is 9.47 Å². The van der Waals surface area contributed by atoms with Gasteiger partial charge < -0.3 is 9.47 Å². The Bertz CT molecular complexity index is 1430. The number of non-ortho nitro benzene ring substituents is 2. The molecule has 174 valence electrons. The normalized spacial score (nSPS) is 10.1. The van der Waals surface area contributed by atoms with Gasteiger partial charge in [0.05, 0.1) is 9.85 Å². The highest BCUT2D eigenvalue weighted by atomic mass is 16.6. The van der Waals surface area contributed by atoms with Gasteiger partial charge in [-0.05, 0) is 47.5 Å². The lowest BCUT2D eigenvalue weighted by Crippen LogP contribution is -1.93. The molecule has 0 fully saturated rings. The lowest BCUT2D eigenvalue weighted by molar-refractivity contribution is -0.385. The maximum Gasteiger partial charge on any atom is 0.271 e. The third kappa shape index (κ3) is 5.09. The molecule has 0 aliphatic carbocycles. The molecule has 0 aromatic heterocycles. The minimum Gasteiger partial charge on any atom is -0.456 e. The lowest BCUT2D eigenvalue weighted by Gasteiger charge is -2.10. The second-order valence-electron chi connectivity index (χ2n) is 7.35. The van der Waals surface area contributed by atoms with Crippen molar-refractivity contribution >= 4 is 11.4 Å². The average molecular weight is 478 g/mol. The molecule has 10 nitrogen and oxygen atoms in total. The van der Waals surface area contributed by atoms with Crippen molar-refractivity contribution in [3.05, 3.63) is 116 Å². The summed E-state index contributed by atoms with van der Waals surface area (Å²) in [6.45, 7) is 0. The van der Waals surface area contributed by atoms with E-state index in [1.165, 1.54) is 24.3 Å². The van der Waals surface area contributed by atoms with E-state index >= 15 is 0 Å². The van der Waals surface area contributed by atoms with Crippen LogP contribution in [0.3, 0.4) is 0 Å². The number of nitriles is 2. The van der Waals surface area contributed by atoms with E-state index in [9.17, 15) is 30.8 Å². The van der Waals surface area contributed by atoms with Crippen LogP contribution >= 0.6 is 0 Å². The van der Waals surface area contributed by atoms with Crippen molar-refractivity contribution in [2.45, 2.75) is 0 Å². The summed E-state index contributed by atoms with van der Waals surface area (Å²) in [5, 5.41) is 40.3. The Morgan fingerprint density at radius 2 is 0.944 bits per heavy atom. The van der Waals surface area contributed by atoms with Crippen molar-refractivity contribution < 1.29 is 19.3 Å². The molecule has 0 heterocycles. The van der Waals surface area contributed by atoms with Crippen LogP contribution in [0, 0.1) is 42.9 Å². The van der Waals surface area contributed by atoms with Gasteiger partial charge in [-0.1, -0.05) is 24.3 Å². The maximum absolute atomic E-state index is 10.9. The quantitative estimate of drug-likeness (QED) is 0.215. The first-order valence-corrected chi connectivity index (χ1v) is 10.3. The Labute approximate surface area is 204 Å². The standard InChI is InChI=1S/C26H14N4O6/c27-15-19-13-21(29(31)32)5-11-25(19)35-23-7-1-17(2-8-23)18-3-9-24(10-4-18)36-26-12-6-22(30(33)34)14-20(26)16-28/h1-14H. The van der Waals surface area contributed by atoms with Gasteiger partial charge in [0.15, 0.2) is 0 Å². The topological polar surface area (TPSA) is 152 Å². The van der Waals surface area contributed by atoms with Crippen LogP contribution in [0.5, 0.6) is 23.0 Å². The third-order valence-corrected chi connectivity index (χ3v) is 5.09. The van der Waals surface area contributed by atoms with Crippen LogP contribution in [0.1, 0.15) is 11.1 Å². The minimum absolute atomic E-state index is 0.0523. The first-order chi connectivity index (χ1) is 17.4. The molecule has 4 aromatic rings. The van der Waals surface area contributed by atoms with Gasteiger partial charge in [-0.25, -0.2) is 0 Å². The maximum atomic E-state index is 10.9. The summed E-state index contributed by atoms with van der Waals surface area (Å²) in [6, 6.07) is 25.5. The molecule has 4 aromatic carbocycles. The van der Waals surface area contributed by atoms with E-state index in [0.717, 1.165) is 23.3 Å². The Hall–Kier alpha value is -5.74. The molecule has 4 rings (SSSR count). The highest BCUT2D eigenvalue weighted by Crippen LogP contribution is 2.32. The lowest BCUT2D eigenvalue weighted by atomic mass is 10.1. The van der Waals surface area contributed by atoms with Crippen LogP contribution < -0.4 is 9.47 Å². The van der Waals surface area contributed by atoms with Crippen LogP contribution in [-0.4, -0.2) is 9.85 Å². The highest BCUT2D eigenvalue weighted by Gasteiger charge is 2.14. The molecular formula is C26H14N4O6. The highest BCUT2D eigenvalue weighted by molar-refractivity contribution is 5.65. The molecule has 0 spiro atoms. The fourth-order valence-electron chi connectivity index (χ4n) is 3.30. The number of nitro groups is 2. The summed E-state index contributed by atoms with van der Waals surface area (Å²) < 4.78 is 11.4. The molecule has 0 saturated carbocycles. The summed E-state index contributed by atoms with van der Waals surface area (Å²) in [5.74, 6) is 1.32. The van der Waals surface area contributed by atoms with Gasteiger partial charge in [-0.2, -0.15) is 10.5 Å². The molecule has 36 heavy (non-hydrogen) atoms. The number of nitrogens with zero attached hydrogens (tertiary/aromatic N) is 4. The van der Waals surface area contributed by atoms with Gasteiger partial charge in [0.25, 0.3) is 11.4 Å². The summed E-state index contributed by atoms with van der Waals surface area (Å²) in [5.41, 5.74) is 1.45. The van der Waals surface area contributed by atoms with E-state index in [1.807, 2.05) is 36.4 Å². The fraction of sp³-hybridized carbons (Fsp3) is 0. The predicted octanol–water partition coefficient (Wildman–Crippen LogP) is 6.50. The Kier molecular flexibility index (Phi) is 6.53. The summed E-state index contributed by atoms with van der Waals surface area (Å²) in [6.07, 6.45) is 0. The SMILES string of the molecule is N#Cc1cc([N+](=O)[O-])ccc1Oc1ccc(-c2ccc(Oc3ccc([N+](=O)[O-])cc3C#N)cc2)cc1. The van der Waals surface area contributed by atoms with Crippen molar-refractivity contribution in [3.63, 3.8) is 0 Å². The van der Waals surface area contributed by atoms with Crippen LogP contribution in [0.15, 0.2) is 84.9 Å². The Balaban J connectivity index is 1.48. The van der Waals surface area contributed by atoms with Gasteiger partial charge in [-0.3, -0.25) is 20.2 Å². The number of ether oxygens (including phenoxy) is 2. The summed E-state index contributed by atoms with van der Waals surface area (Å²) in [7, 11) is 0. The number of benzene rings is 4. The number of rotatable bonds is 7. The molecule has 0 radical (unpaired) electrons. The average Bonchev–Trinajstić information content (AvgIpc) is 2.89. The second-order valence-corrected chi connectivity index (χ2v) is 7.35. The van der Waals surface area contributed by atoms with Gasteiger partial charge in [-0.15, -0.1) is 0 Å². The molecule has 0 N–H and O–H groups in total. The van der Waals surface area contributed by atoms with Gasteiger partial charge in [0.1, 0.15) is 46.3 Å². The molecule has 0 bridgehead atoms. The van der Waals surface area contributed by atoms with E-state index in [0.29, 0.717) is 11.5 Å². The molecule has 0 unspecified atom stereocenters. The number of hydrogen-bond donors (Lipinski definition) is 0. The zero-order valence-electron chi connectivity index (χ0n) is 18.3. The van der Waals surface area contributed by atoms with E-state index in [2.05, 4.69) is 0 Å². The van der Waals surface area contributed by atoms with Crippen molar-refractivity contribution in [1.29, 1.82) is 10.5 Å². The van der Waals surface area contributed by atoms with Crippen molar-refractivity contribution in [1.82, 2.24) is 0 Å². The van der Waals surface area contributed by atoms with Crippen LogP contribution in [0.2, 0.25) is 0 Å². The summed E-state index contributed by atoms with van der Waals surface area (Å²) in [4.78, 5) is 20.6. The Morgan fingerprint density at radius 1 is 0.583 bits per heavy atom. The van der Waals surface area contributed by atoms with E-state index in [-0.39, 0.29) is 34.0 Å². The molecule has 0 aliphatic heterocycles. The first kappa shape index (κ1) is 23.4. The van der Waals surface area contributed by atoms with Gasteiger partial charge >= 0.3 is 0 Å². The summed E-state index contributed by atoms with van der Waals surface area (Å²) >= 11 is 0. The smallest absolute Gasteiger partial charge is 0.271 e. The van der Waals surface area contributed by atoms with Crippen molar-refractivity contribution in [2.75, 3.05) is 0 Å². The Morgan fingerprint density at radius 3 is 1.25 bits per heavy atom. The fourth-order valence-corrected chi connectivity index (χ4v) is 3.30. The molecule has 0 saturated heterocycles. The van der Waals surface area contributed by atoms with E-state index < -0.39 is 9.85 Å². The van der Waals surface area contributed by atoms with Gasteiger partial charge in [0, 0.05) is 24.3 Å². The number of hydrogen-bond acceptors (Lipinski definition) is 8. The third-order valence-electron chi connectivity index (χ3n) is 5.09. The monoisotopic (exact) mass is 478 g/mol. The zero-order valence-corrected chi connectivity index (χ0v) is 18.3. The largest absolute Gasteiger partial charge is 0.456 e. The van der Waals surface area contributed by atoms with Crippen LogP contribution in [0.25, 0.3) is 11.1 Å². The minimum atomic E-state index is -0.579. The molecule has 0 atom stereocenters. The zero-order chi connectivity index (χ0) is 25.7. The van der Waals surface area contributed by atoms with Crippen molar-refractivity contribution in [3.8, 4) is 46.3 Å². The molecule has 0 amide bonds. The predicted molar refractivity (Wildman–Crippen MR) is 128 cm³/mol. The van der Waals surface area contributed by atoms with Gasteiger partial charge in [0.2, 0.25) is 0 Å². The van der Waals surface area contributed by atoms with Crippen molar-refractivity contribution in [2.24, 2.45) is 0 Å². The molecule has 0 aliphatic rings. The molecular weight excluding hydrogens is 464 g/mol. The number of nitro benzene ring substituents is 2. The van der Waals surface area contributed by atoms with Crippen LogP contribution in [0.4, 0.5) is 11.4 Å². The van der Waals surface area contributed by atoms with E-state index in [1.54, 1.807) is 24.3 Å². The van der Waals surface area contributed by atoms with Crippen LogP contribution in [-0.2, 0) is 0 Å². The molecule has 10 heteroatoms. The second kappa shape index (κ2) is 10.0.